The Morgan fingerprint density at radius 1 is 1.04 bits per heavy atom. The molecule has 1 N–H and O–H groups in total. The summed E-state index contributed by atoms with van der Waals surface area (Å²) in [5.41, 5.74) is 0.994. The third kappa shape index (κ3) is 4.88. The summed E-state index contributed by atoms with van der Waals surface area (Å²) >= 11 is 0. The van der Waals surface area contributed by atoms with Gasteiger partial charge in [0.05, 0.1) is 11.3 Å². The predicted molar refractivity (Wildman–Crippen MR) is 95.0 cm³/mol. The Hall–Kier alpha value is -2.76. The fourth-order valence-electron chi connectivity index (χ4n) is 2.22. The van der Waals surface area contributed by atoms with E-state index in [1.807, 2.05) is 12.1 Å². The number of ether oxygens (including phenoxy) is 1. The molecule has 4 nitrogen and oxygen atoms in total. The average molecular weight is 361 g/mol. The van der Waals surface area contributed by atoms with Gasteiger partial charge in [0.1, 0.15) is 11.6 Å². The standard InChI is InChI=1S/C20H21F2NO3/c1-12(18(24)23-17-11-15(21)9-10-16(17)22)26-19(25)13-5-7-14(8-6-13)20(2,3)4/h5-12H,1-4H3,(H,23,24). The van der Waals surface area contributed by atoms with Crippen LogP contribution >= 0.6 is 0 Å². The number of amides is 1. The zero-order valence-electron chi connectivity index (χ0n) is 15.1. The number of benzene rings is 2. The van der Waals surface area contributed by atoms with E-state index in [9.17, 15) is 18.4 Å². The second kappa shape index (κ2) is 7.64. The van der Waals surface area contributed by atoms with Gasteiger partial charge in [-0.2, -0.15) is 0 Å². The minimum absolute atomic E-state index is 0.0509. The van der Waals surface area contributed by atoms with E-state index in [-0.39, 0.29) is 11.1 Å². The van der Waals surface area contributed by atoms with E-state index < -0.39 is 29.6 Å². The summed E-state index contributed by atoms with van der Waals surface area (Å²) in [4.78, 5) is 24.2. The van der Waals surface area contributed by atoms with E-state index in [2.05, 4.69) is 26.1 Å². The van der Waals surface area contributed by atoms with Crippen LogP contribution in [0.1, 0.15) is 43.6 Å². The average Bonchev–Trinajstić information content (AvgIpc) is 2.57. The van der Waals surface area contributed by atoms with E-state index >= 15 is 0 Å². The zero-order chi connectivity index (χ0) is 19.5. The van der Waals surface area contributed by atoms with Crippen LogP contribution in [-0.2, 0) is 14.9 Å². The highest BCUT2D eigenvalue weighted by Gasteiger charge is 2.21. The Labute approximate surface area is 151 Å². The number of esters is 1. The summed E-state index contributed by atoms with van der Waals surface area (Å²) in [6, 6.07) is 9.59. The van der Waals surface area contributed by atoms with E-state index in [0.29, 0.717) is 5.56 Å². The first-order chi connectivity index (χ1) is 12.1. The van der Waals surface area contributed by atoms with Gasteiger partial charge in [-0.15, -0.1) is 0 Å². The van der Waals surface area contributed by atoms with Crippen LogP contribution in [0.4, 0.5) is 14.5 Å². The summed E-state index contributed by atoms with van der Waals surface area (Å²) in [5.74, 6) is -2.90. The molecule has 0 heterocycles. The van der Waals surface area contributed by atoms with Crippen molar-refractivity contribution in [3.8, 4) is 0 Å². The van der Waals surface area contributed by atoms with Crippen molar-refractivity contribution >= 4 is 17.6 Å². The minimum Gasteiger partial charge on any atom is -0.449 e. The van der Waals surface area contributed by atoms with Gasteiger partial charge in [0.15, 0.2) is 6.10 Å². The quantitative estimate of drug-likeness (QED) is 0.819. The molecule has 1 unspecified atom stereocenters. The maximum Gasteiger partial charge on any atom is 0.338 e. The molecule has 0 fully saturated rings. The van der Waals surface area contributed by atoms with Crippen molar-refractivity contribution in [3.63, 3.8) is 0 Å². The van der Waals surface area contributed by atoms with Gasteiger partial charge >= 0.3 is 5.97 Å². The molecule has 0 aliphatic heterocycles. The summed E-state index contributed by atoms with van der Waals surface area (Å²) in [6.07, 6.45) is -1.17. The summed E-state index contributed by atoms with van der Waals surface area (Å²) in [7, 11) is 0. The molecule has 0 aliphatic carbocycles. The Bertz CT molecular complexity index is 811. The van der Waals surface area contributed by atoms with Crippen molar-refractivity contribution in [1.29, 1.82) is 0 Å². The molecule has 6 heteroatoms. The van der Waals surface area contributed by atoms with E-state index in [0.717, 1.165) is 23.8 Å². The molecule has 0 bridgehead atoms. The summed E-state index contributed by atoms with van der Waals surface area (Å²) in [6.45, 7) is 7.52. The van der Waals surface area contributed by atoms with Crippen molar-refractivity contribution in [2.24, 2.45) is 0 Å². The number of carbonyl (C=O) groups is 2. The molecule has 0 radical (unpaired) electrons. The lowest BCUT2D eigenvalue weighted by molar-refractivity contribution is -0.123. The first-order valence-corrected chi connectivity index (χ1v) is 8.15. The lowest BCUT2D eigenvalue weighted by Gasteiger charge is -2.19. The van der Waals surface area contributed by atoms with Crippen LogP contribution in [0.2, 0.25) is 0 Å². The molecule has 26 heavy (non-hydrogen) atoms. The monoisotopic (exact) mass is 361 g/mol. The fraction of sp³-hybridized carbons (Fsp3) is 0.300. The predicted octanol–water partition coefficient (Wildman–Crippen LogP) is 4.45. The Morgan fingerprint density at radius 3 is 2.23 bits per heavy atom. The summed E-state index contributed by atoms with van der Waals surface area (Å²) in [5, 5.41) is 2.21. The van der Waals surface area contributed by atoms with Crippen LogP contribution in [-0.4, -0.2) is 18.0 Å². The van der Waals surface area contributed by atoms with Gasteiger partial charge in [-0.3, -0.25) is 4.79 Å². The van der Waals surface area contributed by atoms with Gasteiger partial charge in [-0.1, -0.05) is 32.9 Å². The number of carbonyl (C=O) groups excluding carboxylic acids is 2. The molecular formula is C20H21F2NO3. The number of anilines is 1. The zero-order valence-corrected chi connectivity index (χ0v) is 15.1. The number of nitrogens with one attached hydrogen (secondary N) is 1. The van der Waals surface area contributed by atoms with Crippen molar-refractivity contribution in [2.45, 2.75) is 39.2 Å². The number of hydrogen-bond acceptors (Lipinski definition) is 3. The van der Waals surface area contributed by atoms with E-state index in [4.69, 9.17) is 4.74 Å². The minimum atomic E-state index is -1.17. The molecule has 138 valence electrons. The van der Waals surface area contributed by atoms with Gasteiger partial charge in [-0.25, -0.2) is 13.6 Å². The first-order valence-electron chi connectivity index (χ1n) is 8.15. The topological polar surface area (TPSA) is 55.4 Å². The molecule has 0 aromatic heterocycles. The normalized spacial score (nSPS) is 12.4. The lowest BCUT2D eigenvalue weighted by Crippen LogP contribution is -2.30. The molecule has 2 aromatic carbocycles. The van der Waals surface area contributed by atoms with E-state index in [1.54, 1.807) is 12.1 Å². The van der Waals surface area contributed by atoms with Crippen LogP contribution in [0.25, 0.3) is 0 Å². The molecular weight excluding hydrogens is 340 g/mol. The molecule has 0 aliphatic rings. The maximum atomic E-state index is 13.6. The highest BCUT2D eigenvalue weighted by molar-refractivity contribution is 5.97. The number of halogens is 2. The maximum absolute atomic E-state index is 13.6. The Morgan fingerprint density at radius 2 is 1.65 bits per heavy atom. The molecule has 2 rings (SSSR count). The molecule has 2 aromatic rings. The fourth-order valence-corrected chi connectivity index (χ4v) is 2.22. The molecule has 0 saturated heterocycles. The largest absolute Gasteiger partial charge is 0.449 e. The summed E-state index contributed by atoms with van der Waals surface area (Å²) < 4.78 is 31.8. The van der Waals surface area contributed by atoms with Crippen LogP contribution in [0, 0.1) is 11.6 Å². The molecule has 0 saturated carbocycles. The van der Waals surface area contributed by atoms with Crippen molar-refractivity contribution in [2.75, 3.05) is 5.32 Å². The van der Waals surface area contributed by atoms with E-state index in [1.165, 1.54) is 6.92 Å². The van der Waals surface area contributed by atoms with Gasteiger partial charge in [0.2, 0.25) is 0 Å². The highest BCUT2D eigenvalue weighted by atomic mass is 19.1. The van der Waals surface area contributed by atoms with Crippen molar-refractivity contribution in [3.05, 3.63) is 65.2 Å². The van der Waals surface area contributed by atoms with Gasteiger partial charge in [0, 0.05) is 6.07 Å². The molecule has 1 amide bonds. The third-order valence-corrected chi connectivity index (χ3v) is 3.83. The second-order valence-electron chi connectivity index (χ2n) is 6.99. The van der Waals surface area contributed by atoms with Crippen LogP contribution in [0.3, 0.4) is 0 Å². The van der Waals surface area contributed by atoms with Crippen molar-refractivity contribution < 1.29 is 23.1 Å². The van der Waals surface area contributed by atoms with Gasteiger partial charge in [-0.05, 0) is 42.2 Å². The molecule has 1 atom stereocenters. The van der Waals surface area contributed by atoms with Gasteiger partial charge < -0.3 is 10.1 Å². The lowest BCUT2D eigenvalue weighted by atomic mass is 9.87. The first kappa shape index (κ1) is 19.6. The number of rotatable bonds is 4. The number of hydrogen-bond donors (Lipinski definition) is 1. The van der Waals surface area contributed by atoms with Crippen LogP contribution < -0.4 is 5.32 Å². The van der Waals surface area contributed by atoms with Gasteiger partial charge in [0.25, 0.3) is 5.91 Å². The smallest absolute Gasteiger partial charge is 0.338 e. The third-order valence-electron chi connectivity index (χ3n) is 3.83. The SMILES string of the molecule is CC(OC(=O)c1ccc(C(C)(C)C)cc1)C(=O)Nc1cc(F)ccc1F. The Balaban J connectivity index is 2.02. The van der Waals surface area contributed by atoms with Crippen LogP contribution in [0.15, 0.2) is 42.5 Å². The van der Waals surface area contributed by atoms with Crippen LogP contribution in [0.5, 0.6) is 0 Å². The molecule has 0 spiro atoms. The second-order valence-corrected chi connectivity index (χ2v) is 6.99. The van der Waals surface area contributed by atoms with Crippen molar-refractivity contribution in [1.82, 2.24) is 0 Å². The Kier molecular flexibility index (Phi) is 5.75. The highest BCUT2D eigenvalue weighted by Crippen LogP contribution is 2.22.